The van der Waals surface area contributed by atoms with Crippen molar-refractivity contribution in [3.8, 4) is 66.3 Å². The molecular weight excluding hydrogens is 695 g/mol. The molecule has 0 amide bonds. The van der Waals surface area contributed by atoms with E-state index in [1.807, 2.05) is 11.3 Å². The number of rotatable bonds is 4. The Bertz CT molecular complexity index is 3210. The Morgan fingerprint density at radius 1 is 0.357 bits per heavy atom. The van der Waals surface area contributed by atoms with Gasteiger partial charge in [0, 0.05) is 20.7 Å². The van der Waals surface area contributed by atoms with Gasteiger partial charge in [-0.25, -0.2) is 4.98 Å². The second kappa shape index (κ2) is 12.1. The normalized spacial score (nSPS) is 14.9. The zero-order valence-corrected chi connectivity index (χ0v) is 31.2. The van der Waals surface area contributed by atoms with Gasteiger partial charge in [-0.2, -0.15) is 0 Å². The van der Waals surface area contributed by atoms with E-state index in [-0.39, 0.29) is 5.41 Å². The standard InChI is InChI=1S/C54H33NS/c1-2-14-35(15-3-1)49-32-41(33-50(55-49)40-26-25-34-13-4-5-16-36(34)30-40)38-18-12-17-37(29-38)39-27-28-48-45(31-39)42-19-6-9-22-46(42)54(48)47-23-10-7-20-43(47)53-52(54)44-21-8-11-24-51(44)56-53/h1-33H/t54-/m0/s1. The fourth-order valence-electron chi connectivity index (χ4n) is 9.60. The fourth-order valence-corrected chi connectivity index (χ4v) is 10.9. The lowest BCUT2D eigenvalue weighted by molar-refractivity contribution is 0.803. The van der Waals surface area contributed by atoms with Gasteiger partial charge in [0.2, 0.25) is 0 Å². The van der Waals surface area contributed by atoms with Crippen LogP contribution in [0.3, 0.4) is 0 Å². The van der Waals surface area contributed by atoms with Crippen LogP contribution in [0.25, 0.3) is 87.2 Å². The lowest BCUT2D eigenvalue weighted by Crippen LogP contribution is -2.25. The van der Waals surface area contributed by atoms with Gasteiger partial charge in [-0.3, -0.25) is 0 Å². The van der Waals surface area contributed by atoms with E-state index < -0.39 is 0 Å². The zero-order valence-electron chi connectivity index (χ0n) is 30.4. The summed E-state index contributed by atoms with van der Waals surface area (Å²) in [7, 11) is 0. The maximum Gasteiger partial charge on any atom is 0.0740 e. The zero-order chi connectivity index (χ0) is 36.8. The molecular formula is C54H33NS. The summed E-state index contributed by atoms with van der Waals surface area (Å²) in [5.74, 6) is 0. The Hall–Kier alpha value is -6.87. The first-order valence-electron chi connectivity index (χ1n) is 19.3. The van der Waals surface area contributed by atoms with Crippen LogP contribution < -0.4 is 0 Å². The van der Waals surface area contributed by atoms with Gasteiger partial charge in [-0.15, -0.1) is 11.3 Å². The molecule has 1 atom stereocenters. The highest BCUT2D eigenvalue weighted by atomic mass is 32.1. The predicted octanol–water partition coefficient (Wildman–Crippen LogP) is 14.5. The monoisotopic (exact) mass is 727 g/mol. The summed E-state index contributed by atoms with van der Waals surface area (Å²) >= 11 is 1.93. The molecule has 0 fully saturated rings. The van der Waals surface area contributed by atoms with Crippen molar-refractivity contribution in [1.82, 2.24) is 4.98 Å². The predicted molar refractivity (Wildman–Crippen MR) is 235 cm³/mol. The molecule has 2 heteroatoms. The molecule has 0 N–H and O–H groups in total. The molecule has 260 valence electrons. The maximum atomic E-state index is 5.23. The number of pyridine rings is 1. The average molecular weight is 728 g/mol. The number of fused-ring (bicyclic) bond motifs is 13. The van der Waals surface area contributed by atoms with Crippen LogP contribution in [-0.4, -0.2) is 4.98 Å². The number of nitrogens with zero attached hydrogens (tertiary/aromatic N) is 1. The van der Waals surface area contributed by atoms with Crippen molar-refractivity contribution in [3.05, 3.63) is 222 Å². The topological polar surface area (TPSA) is 12.9 Å². The third-order valence-corrected chi connectivity index (χ3v) is 13.3. The largest absolute Gasteiger partial charge is 0.248 e. The van der Waals surface area contributed by atoms with Crippen LogP contribution in [0.15, 0.2) is 200 Å². The van der Waals surface area contributed by atoms with Gasteiger partial charge in [0.05, 0.1) is 16.8 Å². The van der Waals surface area contributed by atoms with Gasteiger partial charge < -0.3 is 0 Å². The van der Waals surface area contributed by atoms with Gasteiger partial charge in [0.1, 0.15) is 0 Å². The van der Waals surface area contributed by atoms with E-state index >= 15 is 0 Å². The van der Waals surface area contributed by atoms with Crippen molar-refractivity contribution >= 4 is 32.2 Å². The molecule has 8 aromatic carbocycles. The number of hydrogen-bond donors (Lipinski definition) is 0. The third kappa shape index (κ3) is 4.51. The molecule has 0 radical (unpaired) electrons. The van der Waals surface area contributed by atoms with E-state index in [1.54, 1.807) is 0 Å². The highest BCUT2D eigenvalue weighted by Crippen LogP contribution is 2.66. The molecule has 0 saturated heterocycles. The third-order valence-electron chi connectivity index (χ3n) is 12.1. The van der Waals surface area contributed by atoms with Gasteiger partial charge >= 0.3 is 0 Å². The minimum absolute atomic E-state index is 0.359. The van der Waals surface area contributed by atoms with Gasteiger partial charge in [-0.1, -0.05) is 164 Å². The van der Waals surface area contributed by atoms with Gasteiger partial charge in [0.25, 0.3) is 0 Å². The Morgan fingerprint density at radius 3 is 1.82 bits per heavy atom. The molecule has 1 nitrogen and oxygen atoms in total. The highest BCUT2D eigenvalue weighted by Gasteiger charge is 2.53. The molecule has 2 aliphatic carbocycles. The van der Waals surface area contributed by atoms with E-state index in [2.05, 4.69) is 200 Å². The van der Waals surface area contributed by atoms with Crippen LogP contribution in [0, 0.1) is 0 Å². The van der Waals surface area contributed by atoms with Crippen molar-refractivity contribution in [3.63, 3.8) is 0 Å². The molecule has 0 saturated carbocycles. The van der Waals surface area contributed by atoms with E-state index in [0.717, 1.165) is 28.1 Å². The second-order valence-corrected chi connectivity index (χ2v) is 16.1. The quantitative estimate of drug-likeness (QED) is 0.176. The second-order valence-electron chi connectivity index (χ2n) is 15.0. The Morgan fingerprint density at radius 2 is 0.964 bits per heavy atom. The molecule has 2 aliphatic rings. The molecule has 0 bridgehead atoms. The summed E-state index contributed by atoms with van der Waals surface area (Å²) < 4.78 is 1.35. The van der Waals surface area contributed by atoms with Crippen LogP contribution in [0.5, 0.6) is 0 Å². The van der Waals surface area contributed by atoms with Crippen molar-refractivity contribution in [1.29, 1.82) is 0 Å². The Kier molecular flexibility index (Phi) is 6.78. The summed E-state index contributed by atoms with van der Waals surface area (Å²) in [6.07, 6.45) is 0. The Balaban J connectivity index is 1.02. The lowest BCUT2D eigenvalue weighted by atomic mass is 9.70. The molecule has 56 heavy (non-hydrogen) atoms. The maximum absolute atomic E-state index is 5.23. The van der Waals surface area contributed by atoms with Crippen LogP contribution in [0.1, 0.15) is 22.3 Å². The SMILES string of the molecule is c1ccc(-c2cc(-c3cccc(-c4ccc5c(c4)-c4ccccc4[C@]54c5ccccc5-c5sc6ccccc6c54)c3)cc(-c3ccc4ccccc4c3)n2)cc1. The number of hydrogen-bond acceptors (Lipinski definition) is 2. The van der Waals surface area contributed by atoms with Gasteiger partial charge in [0.15, 0.2) is 0 Å². The first kappa shape index (κ1) is 31.5. The number of aromatic nitrogens is 1. The minimum Gasteiger partial charge on any atom is -0.248 e. The Labute approximate surface area is 329 Å². The smallest absolute Gasteiger partial charge is 0.0740 e. The molecule has 1 spiro atoms. The first-order chi connectivity index (χ1) is 27.7. The molecule has 10 aromatic rings. The first-order valence-corrected chi connectivity index (χ1v) is 20.1. The molecule has 0 aliphatic heterocycles. The van der Waals surface area contributed by atoms with Crippen molar-refractivity contribution < 1.29 is 0 Å². The van der Waals surface area contributed by atoms with Crippen molar-refractivity contribution in [2.75, 3.05) is 0 Å². The van der Waals surface area contributed by atoms with Crippen LogP contribution >= 0.6 is 11.3 Å². The summed E-state index contributed by atoms with van der Waals surface area (Å²) in [5, 5.41) is 3.80. The number of thiophene rings is 1. The molecule has 2 aromatic heterocycles. The average Bonchev–Trinajstić information content (AvgIpc) is 3.90. The van der Waals surface area contributed by atoms with Crippen LogP contribution in [-0.2, 0) is 5.41 Å². The molecule has 2 heterocycles. The van der Waals surface area contributed by atoms with Crippen LogP contribution in [0.2, 0.25) is 0 Å². The summed E-state index contributed by atoms with van der Waals surface area (Å²) in [4.78, 5) is 6.63. The van der Waals surface area contributed by atoms with E-state index in [9.17, 15) is 0 Å². The minimum atomic E-state index is -0.359. The highest BCUT2D eigenvalue weighted by molar-refractivity contribution is 7.22. The summed E-state index contributed by atoms with van der Waals surface area (Å²) in [6.45, 7) is 0. The summed E-state index contributed by atoms with van der Waals surface area (Å²) in [6, 6.07) is 73.6. The van der Waals surface area contributed by atoms with Crippen molar-refractivity contribution in [2.24, 2.45) is 0 Å². The molecule has 0 unspecified atom stereocenters. The molecule has 12 rings (SSSR count). The number of benzene rings is 8. The van der Waals surface area contributed by atoms with Crippen molar-refractivity contribution in [2.45, 2.75) is 5.41 Å². The van der Waals surface area contributed by atoms with Gasteiger partial charge in [-0.05, 0) is 114 Å². The fraction of sp³-hybridized carbons (Fsp3) is 0.0185. The van der Waals surface area contributed by atoms with E-state index in [1.165, 1.54) is 81.4 Å². The van der Waals surface area contributed by atoms with Crippen LogP contribution in [0.4, 0.5) is 0 Å². The lowest BCUT2D eigenvalue weighted by Gasteiger charge is -2.30. The van der Waals surface area contributed by atoms with E-state index in [4.69, 9.17) is 4.98 Å². The van der Waals surface area contributed by atoms with E-state index in [0.29, 0.717) is 0 Å². The summed E-state index contributed by atoms with van der Waals surface area (Å²) in [5.41, 5.74) is 18.1.